The van der Waals surface area contributed by atoms with Gasteiger partial charge in [0.2, 0.25) is 5.78 Å². The third-order valence-corrected chi connectivity index (χ3v) is 3.85. The smallest absolute Gasteiger partial charge is 0.295 e. The summed E-state index contributed by atoms with van der Waals surface area (Å²) in [4.78, 5) is 27.6. The van der Waals surface area contributed by atoms with Crippen LogP contribution in [0.1, 0.15) is 23.0 Å². The van der Waals surface area contributed by atoms with Crippen molar-refractivity contribution in [1.82, 2.24) is 14.8 Å². The lowest BCUT2D eigenvalue weighted by atomic mass is 10.1. The summed E-state index contributed by atoms with van der Waals surface area (Å²) >= 11 is 0. The Bertz CT molecular complexity index is 1040. The van der Waals surface area contributed by atoms with Crippen molar-refractivity contribution in [2.45, 2.75) is 13.1 Å². The maximum atomic E-state index is 12.8. The summed E-state index contributed by atoms with van der Waals surface area (Å²) in [7, 11) is 0. The van der Waals surface area contributed by atoms with Crippen molar-refractivity contribution in [3.05, 3.63) is 78.3 Å². The highest BCUT2D eigenvalue weighted by atomic mass is 19.4. The van der Waals surface area contributed by atoms with Gasteiger partial charge in [-0.2, -0.15) is 18.3 Å². The molecule has 0 aliphatic heterocycles. The number of alkyl halides is 3. The van der Waals surface area contributed by atoms with Crippen LogP contribution in [0, 0.1) is 0 Å². The van der Waals surface area contributed by atoms with E-state index in [0.717, 1.165) is 24.3 Å². The predicted octanol–water partition coefficient (Wildman–Crippen LogP) is 4.28. The number of aromatic nitrogens is 3. The van der Waals surface area contributed by atoms with Gasteiger partial charge in [-0.3, -0.25) is 14.6 Å². The number of ketones is 2. The van der Waals surface area contributed by atoms with Crippen LogP contribution < -0.4 is 0 Å². The van der Waals surface area contributed by atoms with Crippen LogP contribution in [0.4, 0.5) is 13.2 Å². The van der Waals surface area contributed by atoms with Crippen LogP contribution in [-0.4, -0.2) is 26.3 Å². The van der Waals surface area contributed by atoms with Crippen LogP contribution in [0.15, 0.2) is 67.0 Å². The van der Waals surface area contributed by atoms with E-state index in [-0.39, 0.29) is 17.2 Å². The highest BCUT2D eigenvalue weighted by Gasteiger charge is 2.30. The molecule has 2 heterocycles. The van der Waals surface area contributed by atoms with Gasteiger partial charge in [0.25, 0.3) is 0 Å². The minimum absolute atomic E-state index is 0.115. The number of carbonyl (C=O) groups is 2. The van der Waals surface area contributed by atoms with Gasteiger partial charge in [-0.25, -0.2) is 4.68 Å². The number of carbonyl (C=O) groups excluding carboxylic acids is 2. The molecule has 0 unspecified atom stereocenters. The van der Waals surface area contributed by atoms with E-state index in [1.54, 1.807) is 24.5 Å². The van der Waals surface area contributed by atoms with Gasteiger partial charge in [-0.1, -0.05) is 0 Å². The van der Waals surface area contributed by atoms with Crippen LogP contribution in [0.5, 0.6) is 0 Å². The monoisotopic (exact) mass is 385 g/mol. The minimum atomic E-state index is -4.46. The molecule has 0 saturated heterocycles. The van der Waals surface area contributed by atoms with E-state index < -0.39 is 17.5 Å². The summed E-state index contributed by atoms with van der Waals surface area (Å²) in [6.45, 7) is 1.30. The second-order valence-electron chi connectivity index (χ2n) is 5.92. The van der Waals surface area contributed by atoms with Crippen molar-refractivity contribution in [1.29, 1.82) is 0 Å². The van der Waals surface area contributed by atoms with E-state index in [9.17, 15) is 22.8 Å². The fourth-order valence-electron chi connectivity index (χ4n) is 2.49. The third-order valence-electron chi connectivity index (χ3n) is 3.85. The van der Waals surface area contributed by atoms with E-state index in [2.05, 4.69) is 10.1 Å². The van der Waals surface area contributed by atoms with Crippen LogP contribution in [0.25, 0.3) is 16.9 Å². The summed E-state index contributed by atoms with van der Waals surface area (Å²) < 4.78 is 39.7. The molecule has 0 saturated carbocycles. The molecule has 3 rings (SSSR count). The molecule has 8 heteroatoms. The molecule has 1 aromatic carbocycles. The first kappa shape index (κ1) is 19.2. The third kappa shape index (κ3) is 4.22. The molecule has 3 aromatic rings. The molecule has 142 valence electrons. The van der Waals surface area contributed by atoms with E-state index in [1.165, 1.54) is 29.8 Å². The van der Waals surface area contributed by atoms with Crippen molar-refractivity contribution >= 4 is 11.6 Å². The normalized spacial score (nSPS) is 11.7. The average molecular weight is 385 g/mol. The fraction of sp³-hybridized carbons (Fsp3) is 0.100. The van der Waals surface area contributed by atoms with Crippen molar-refractivity contribution in [3.8, 4) is 16.9 Å². The molecular weight excluding hydrogens is 371 g/mol. The number of nitrogens with zero attached hydrogens (tertiary/aromatic N) is 3. The number of allylic oxidation sites excluding steroid dienone is 2. The first-order valence-electron chi connectivity index (χ1n) is 8.17. The van der Waals surface area contributed by atoms with Crippen LogP contribution in [-0.2, 0) is 11.0 Å². The maximum absolute atomic E-state index is 12.8. The quantitative estimate of drug-likeness (QED) is 0.486. The van der Waals surface area contributed by atoms with Crippen molar-refractivity contribution in [2.75, 3.05) is 0 Å². The number of pyridine rings is 1. The molecule has 28 heavy (non-hydrogen) atoms. The number of hydrogen-bond donors (Lipinski definition) is 0. The molecular formula is C20H14F3N3O2. The number of benzene rings is 1. The van der Waals surface area contributed by atoms with Crippen molar-refractivity contribution < 1.29 is 22.8 Å². The van der Waals surface area contributed by atoms with Crippen LogP contribution >= 0.6 is 0 Å². The van der Waals surface area contributed by atoms with Crippen LogP contribution in [0.2, 0.25) is 0 Å². The molecule has 0 atom stereocenters. The van der Waals surface area contributed by atoms with Gasteiger partial charge >= 0.3 is 6.18 Å². The highest BCUT2D eigenvalue weighted by molar-refractivity contribution is 6.07. The number of hydrogen-bond acceptors (Lipinski definition) is 4. The lowest BCUT2D eigenvalue weighted by Crippen LogP contribution is -2.09. The molecule has 2 aromatic heterocycles. The lowest BCUT2D eigenvalue weighted by molar-refractivity contribution is -0.137. The summed E-state index contributed by atoms with van der Waals surface area (Å²) in [5, 5.41) is 4.36. The Morgan fingerprint density at radius 3 is 2.21 bits per heavy atom. The highest BCUT2D eigenvalue weighted by Crippen LogP contribution is 2.30. The average Bonchev–Trinajstić information content (AvgIpc) is 3.12. The molecule has 5 nitrogen and oxygen atoms in total. The summed E-state index contributed by atoms with van der Waals surface area (Å²) in [5.41, 5.74) is 0.728. The Morgan fingerprint density at radius 2 is 1.64 bits per heavy atom. The molecule has 0 N–H and O–H groups in total. The van der Waals surface area contributed by atoms with Gasteiger partial charge in [-0.15, -0.1) is 0 Å². The standard InChI is InChI=1S/C20H14F3N3O2/c1-13(27)2-7-19(28)18-12-17(14-8-10-24-11-9-14)25-26(18)16-5-3-15(4-6-16)20(21,22)23/h2-12H,1H3/b7-2+. The first-order valence-corrected chi connectivity index (χ1v) is 8.17. The van der Waals surface area contributed by atoms with Gasteiger partial charge in [0.05, 0.1) is 16.9 Å². The Balaban J connectivity index is 2.09. The fourth-order valence-corrected chi connectivity index (χ4v) is 2.49. The molecule has 0 aliphatic carbocycles. The van der Waals surface area contributed by atoms with Crippen molar-refractivity contribution in [2.24, 2.45) is 0 Å². The van der Waals surface area contributed by atoms with Crippen LogP contribution in [0.3, 0.4) is 0 Å². The summed E-state index contributed by atoms with van der Waals surface area (Å²) in [5.74, 6) is -0.800. The number of halogens is 3. The SMILES string of the molecule is CC(=O)/C=C/C(=O)c1cc(-c2ccncc2)nn1-c1ccc(C(F)(F)F)cc1. The largest absolute Gasteiger partial charge is 0.416 e. The Kier molecular flexibility index (Phi) is 5.21. The topological polar surface area (TPSA) is 64.8 Å². The predicted molar refractivity (Wildman–Crippen MR) is 95.9 cm³/mol. The maximum Gasteiger partial charge on any atom is 0.416 e. The Morgan fingerprint density at radius 1 is 1.00 bits per heavy atom. The molecule has 0 amide bonds. The second-order valence-corrected chi connectivity index (χ2v) is 5.92. The van der Waals surface area contributed by atoms with E-state index >= 15 is 0 Å². The first-order chi connectivity index (χ1) is 13.3. The van der Waals surface area contributed by atoms with Gasteiger partial charge in [0, 0.05) is 18.0 Å². The zero-order valence-corrected chi connectivity index (χ0v) is 14.6. The van der Waals surface area contributed by atoms with Gasteiger partial charge in [0.15, 0.2) is 5.78 Å². The Labute approximate surface area is 158 Å². The second kappa shape index (κ2) is 7.59. The van der Waals surface area contributed by atoms with E-state index in [4.69, 9.17) is 0 Å². The molecule has 0 bridgehead atoms. The lowest BCUT2D eigenvalue weighted by Gasteiger charge is -2.09. The zero-order valence-electron chi connectivity index (χ0n) is 14.6. The zero-order chi connectivity index (χ0) is 20.3. The minimum Gasteiger partial charge on any atom is -0.295 e. The van der Waals surface area contributed by atoms with Gasteiger partial charge in [-0.05, 0) is 61.5 Å². The number of rotatable bonds is 5. The molecule has 0 radical (unpaired) electrons. The van der Waals surface area contributed by atoms with E-state index in [0.29, 0.717) is 11.3 Å². The Hall–Kier alpha value is -3.55. The van der Waals surface area contributed by atoms with Gasteiger partial charge in [0.1, 0.15) is 5.69 Å². The van der Waals surface area contributed by atoms with Crippen molar-refractivity contribution in [3.63, 3.8) is 0 Å². The summed E-state index contributed by atoms with van der Waals surface area (Å²) in [6, 6.07) is 9.21. The molecule has 0 spiro atoms. The molecule has 0 aliphatic rings. The molecule has 0 fully saturated rings. The summed E-state index contributed by atoms with van der Waals surface area (Å²) in [6.07, 6.45) is 0.885. The van der Waals surface area contributed by atoms with Gasteiger partial charge < -0.3 is 0 Å². The van der Waals surface area contributed by atoms with E-state index in [1.807, 2.05) is 0 Å².